The molecular weight excluding hydrogens is 224 g/mol. The molecule has 1 rings (SSSR count). The van der Waals surface area contributed by atoms with Crippen LogP contribution >= 0.6 is 0 Å². The van der Waals surface area contributed by atoms with E-state index in [0.29, 0.717) is 6.42 Å². The molecule has 0 radical (unpaired) electrons. The van der Waals surface area contributed by atoms with Gasteiger partial charge in [0.05, 0.1) is 12.0 Å². The topological polar surface area (TPSA) is 26.3 Å². The maximum Gasteiger partial charge on any atom is 0.144 e. The molecule has 0 bridgehead atoms. The highest BCUT2D eigenvalue weighted by Gasteiger charge is 2.28. The van der Waals surface area contributed by atoms with Crippen LogP contribution in [0.3, 0.4) is 0 Å². The maximum absolute atomic E-state index is 11.5. The monoisotopic (exact) mass is 248 g/mol. The smallest absolute Gasteiger partial charge is 0.144 e. The lowest BCUT2D eigenvalue weighted by atomic mass is 9.85. The first kappa shape index (κ1) is 15.0. The average Bonchev–Trinajstić information content (AvgIpc) is 2.52. The number of hydrogen-bond acceptors (Lipinski definition) is 2. The summed E-state index contributed by atoms with van der Waals surface area (Å²) in [6.07, 6.45) is 3.78. The van der Waals surface area contributed by atoms with Gasteiger partial charge in [-0.15, -0.1) is 0 Å². The second-order valence-corrected chi connectivity index (χ2v) is 5.14. The van der Waals surface area contributed by atoms with Gasteiger partial charge in [0.25, 0.3) is 0 Å². The predicted octanol–water partition coefficient (Wildman–Crippen LogP) is 3.37. The van der Waals surface area contributed by atoms with Gasteiger partial charge in [-0.05, 0) is 26.7 Å². The molecule has 3 atom stereocenters. The molecule has 0 fully saturated rings. The summed E-state index contributed by atoms with van der Waals surface area (Å²) >= 11 is 0. The highest BCUT2D eigenvalue weighted by molar-refractivity contribution is 5.81. The van der Waals surface area contributed by atoms with Crippen molar-refractivity contribution in [2.45, 2.75) is 52.6 Å². The Balaban J connectivity index is 2.69. The summed E-state index contributed by atoms with van der Waals surface area (Å²) in [7, 11) is 0. The van der Waals surface area contributed by atoms with E-state index in [2.05, 4.69) is 25.3 Å². The number of Topliss-reactive ketones (excluding diaryl/α,β-unsaturated/α-hetero) is 1. The highest BCUT2D eigenvalue weighted by Crippen LogP contribution is 2.29. The summed E-state index contributed by atoms with van der Waals surface area (Å²) in [4.78, 5) is 11.5. The van der Waals surface area contributed by atoms with Crippen molar-refractivity contribution in [2.24, 2.45) is 11.8 Å². The fraction of sp³-hybridized carbons (Fsp3) is 0.688. The van der Waals surface area contributed by atoms with Gasteiger partial charge in [-0.2, -0.15) is 0 Å². The molecule has 2 nitrogen and oxygen atoms in total. The maximum atomic E-state index is 11.5. The minimum absolute atomic E-state index is 0.103. The van der Waals surface area contributed by atoms with Crippen LogP contribution in [0.2, 0.25) is 0 Å². The lowest BCUT2D eigenvalue weighted by Gasteiger charge is -2.26. The molecule has 18 heavy (non-hydrogen) atoms. The van der Waals surface area contributed by atoms with Crippen molar-refractivity contribution < 1.29 is 9.53 Å². The normalized spacial score (nSPS) is 26.9. The van der Waals surface area contributed by atoms with E-state index in [1.807, 2.05) is 6.92 Å². The Hall–Kier alpha value is -1.07. The van der Waals surface area contributed by atoms with E-state index in [4.69, 9.17) is 4.74 Å². The van der Waals surface area contributed by atoms with Crippen molar-refractivity contribution in [1.82, 2.24) is 0 Å². The first-order valence-corrected chi connectivity index (χ1v) is 6.82. The molecule has 0 heterocycles. The molecule has 0 aromatic heterocycles. The van der Waals surface area contributed by atoms with Gasteiger partial charge in [0, 0.05) is 18.9 Å². The summed E-state index contributed by atoms with van der Waals surface area (Å²) in [5.74, 6) is 6.41. The Morgan fingerprint density at radius 3 is 2.72 bits per heavy atom. The van der Waals surface area contributed by atoms with E-state index in [1.54, 1.807) is 6.92 Å². The van der Waals surface area contributed by atoms with Gasteiger partial charge in [-0.3, -0.25) is 4.79 Å². The second kappa shape index (κ2) is 7.38. The summed E-state index contributed by atoms with van der Waals surface area (Å²) in [6, 6.07) is 0. The average molecular weight is 248 g/mol. The number of unbranched alkanes of at least 4 members (excludes halogenated alkanes) is 1. The summed E-state index contributed by atoms with van der Waals surface area (Å²) in [6.45, 7) is 10.6. The van der Waals surface area contributed by atoms with Crippen LogP contribution in [0, 0.1) is 23.7 Å². The zero-order chi connectivity index (χ0) is 13.5. The van der Waals surface area contributed by atoms with Crippen molar-refractivity contribution in [1.29, 1.82) is 0 Å². The summed E-state index contributed by atoms with van der Waals surface area (Å²) in [5, 5.41) is 0. The van der Waals surface area contributed by atoms with Gasteiger partial charge in [-0.1, -0.05) is 37.3 Å². The molecule has 2 heteroatoms. The molecule has 3 unspecified atom stereocenters. The van der Waals surface area contributed by atoms with Crippen LogP contribution < -0.4 is 0 Å². The number of carbonyl (C=O) groups excluding carboxylic acids is 1. The molecule has 100 valence electrons. The molecule has 0 aromatic rings. The molecule has 0 spiro atoms. The van der Waals surface area contributed by atoms with E-state index in [1.165, 1.54) is 0 Å². The third kappa shape index (κ3) is 4.31. The Morgan fingerprint density at radius 2 is 2.17 bits per heavy atom. The molecule has 0 aromatic carbocycles. The zero-order valence-electron chi connectivity index (χ0n) is 11.8. The summed E-state index contributed by atoms with van der Waals surface area (Å²) in [5.41, 5.74) is 1.09. The number of rotatable bonds is 6. The zero-order valence-corrected chi connectivity index (χ0v) is 11.8. The van der Waals surface area contributed by atoms with Crippen LogP contribution in [0.25, 0.3) is 0 Å². The Morgan fingerprint density at radius 1 is 1.44 bits per heavy atom. The van der Waals surface area contributed by atoms with Gasteiger partial charge >= 0.3 is 0 Å². The number of carbonyl (C=O) groups is 1. The van der Waals surface area contributed by atoms with Gasteiger partial charge in [0.15, 0.2) is 0 Å². The second-order valence-electron chi connectivity index (χ2n) is 5.14. The summed E-state index contributed by atoms with van der Waals surface area (Å²) < 4.78 is 5.93. The molecule has 0 saturated carbocycles. The van der Waals surface area contributed by atoms with Crippen LogP contribution in [-0.2, 0) is 9.53 Å². The highest BCUT2D eigenvalue weighted by atomic mass is 16.5. The fourth-order valence-corrected chi connectivity index (χ4v) is 2.23. The minimum Gasteiger partial charge on any atom is -0.377 e. The Kier molecular flexibility index (Phi) is 6.15. The molecule has 0 N–H and O–H groups in total. The SMILES string of the molecule is C=C(C)C1CC(C(C)=O)C#CCC1OCCCC. The van der Waals surface area contributed by atoms with Crippen LogP contribution in [-0.4, -0.2) is 18.5 Å². The number of ketones is 1. The molecule has 1 aliphatic carbocycles. The van der Waals surface area contributed by atoms with Crippen LogP contribution in [0.1, 0.15) is 46.5 Å². The van der Waals surface area contributed by atoms with Crippen LogP contribution in [0.5, 0.6) is 0 Å². The first-order valence-electron chi connectivity index (χ1n) is 6.82. The van der Waals surface area contributed by atoms with Crippen molar-refractivity contribution >= 4 is 5.78 Å². The van der Waals surface area contributed by atoms with Crippen molar-refractivity contribution in [3.63, 3.8) is 0 Å². The molecular formula is C16H24O2. The van der Waals surface area contributed by atoms with E-state index in [9.17, 15) is 4.79 Å². The Labute approximate surface area is 111 Å². The van der Waals surface area contributed by atoms with E-state index >= 15 is 0 Å². The van der Waals surface area contributed by atoms with Crippen LogP contribution in [0.4, 0.5) is 0 Å². The third-order valence-electron chi connectivity index (χ3n) is 3.47. The number of hydrogen-bond donors (Lipinski definition) is 0. The van der Waals surface area contributed by atoms with E-state index in [0.717, 1.165) is 31.4 Å². The minimum atomic E-state index is -0.147. The quantitative estimate of drug-likeness (QED) is 0.409. The van der Waals surface area contributed by atoms with Gasteiger partial charge in [0.2, 0.25) is 0 Å². The number of ether oxygens (including phenoxy) is 1. The largest absolute Gasteiger partial charge is 0.377 e. The van der Waals surface area contributed by atoms with Gasteiger partial charge < -0.3 is 4.74 Å². The Bertz CT molecular complexity index is 359. The third-order valence-corrected chi connectivity index (χ3v) is 3.47. The standard InChI is InChI=1S/C16H24O2/c1-5-6-10-18-16-9-7-8-14(13(4)17)11-15(16)12(2)3/h14-16H,2,5-6,9-11H2,1,3-4H3. The van der Waals surface area contributed by atoms with E-state index in [-0.39, 0.29) is 23.7 Å². The molecule has 0 saturated heterocycles. The molecule has 0 aliphatic heterocycles. The lowest BCUT2D eigenvalue weighted by Crippen LogP contribution is -2.27. The first-order chi connectivity index (χ1) is 8.56. The van der Waals surface area contributed by atoms with Crippen molar-refractivity contribution in [2.75, 3.05) is 6.61 Å². The predicted molar refractivity (Wildman–Crippen MR) is 74.1 cm³/mol. The molecule has 0 amide bonds. The van der Waals surface area contributed by atoms with Crippen LogP contribution in [0.15, 0.2) is 12.2 Å². The van der Waals surface area contributed by atoms with Gasteiger partial charge in [0.1, 0.15) is 5.78 Å². The lowest BCUT2D eigenvalue weighted by molar-refractivity contribution is -0.119. The molecule has 1 aliphatic rings. The van der Waals surface area contributed by atoms with Crippen molar-refractivity contribution in [3.8, 4) is 11.8 Å². The van der Waals surface area contributed by atoms with Gasteiger partial charge in [-0.25, -0.2) is 0 Å². The van der Waals surface area contributed by atoms with Crippen molar-refractivity contribution in [3.05, 3.63) is 12.2 Å². The van der Waals surface area contributed by atoms with E-state index < -0.39 is 0 Å². The fourth-order valence-electron chi connectivity index (χ4n) is 2.23.